The number of hydrogen-bond donors (Lipinski definition) is 2. The molecule has 0 saturated carbocycles. The number of anilines is 1. The Bertz CT molecular complexity index is 1020. The van der Waals surface area contributed by atoms with Gasteiger partial charge in [-0.05, 0) is 60.5 Å². The van der Waals surface area contributed by atoms with E-state index in [1.165, 1.54) is 12.5 Å². The molecule has 0 bridgehead atoms. The van der Waals surface area contributed by atoms with Gasteiger partial charge in [-0.15, -0.1) is 0 Å². The third-order valence-electron chi connectivity index (χ3n) is 4.34. The molecule has 2 aromatic carbocycles. The molecule has 2 N–H and O–H groups in total. The van der Waals surface area contributed by atoms with Crippen LogP contribution in [0.25, 0.3) is 22.6 Å². The number of carbonyl (C=O) groups is 1. The average molecular weight is 402 g/mol. The fraction of sp³-hybridized carbons (Fsp3) is 0.250. The van der Waals surface area contributed by atoms with Crippen LogP contribution >= 0.6 is 23.8 Å². The van der Waals surface area contributed by atoms with Crippen molar-refractivity contribution in [2.75, 3.05) is 5.32 Å². The molecule has 3 aromatic rings. The van der Waals surface area contributed by atoms with E-state index in [1.54, 1.807) is 12.1 Å². The zero-order valence-electron chi connectivity index (χ0n) is 15.3. The number of oxazole rings is 1. The van der Waals surface area contributed by atoms with Crippen LogP contribution in [0, 0.1) is 0 Å². The number of fused-ring (bicyclic) bond motifs is 1. The summed E-state index contributed by atoms with van der Waals surface area (Å²) in [6, 6.07) is 11.4. The van der Waals surface area contributed by atoms with Crippen molar-refractivity contribution < 1.29 is 9.21 Å². The van der Waals surface area contributed by atoms with Crippen LogP contribution in [0.2, 0.25) is 5.02 Å². The monoisotopic (exact) mass is 401 g/mol. The minimum absolute atomic E-state index is 0.178. The lowest BCUT2D eigenvalue weighted by Crippen LogP contribution is -2.32. The van der Waals surface area contributed by atoms with Crippen LogP contribution in [0.1, 0.15) is 38.7 Å². The predicted octanol–water partition coefficient (Wildman–Crippen LogP) is 5.49. The Labute approximate surface area is 168 Å². The molecule has 140 valence electrons. The first-order chi connectivity index (χ1) is 12.9. The normalized spacial score (nSPS) is 12.0. The first kappa shape index (κ1) is 19.3. The van der Waals surface area contributed by atoms with Crippen molar-refractivity contribution in [3.8, 4) is 11.5 Å². The zero-order chi connectivity index (χ0) is 19.6. The highest BCUT2D eigenvalue weighted by Crippen LogP contribution is 2.31. The molecule has 0 radical (unpaired) electrons. The summed E-state index contributed by atoms with van der Waals surface area (Å²) in [4.78, 5) is 15.7. The van der Waals surface area contributed by atoms with Crippen molar-refractivity contribution >= 4 is 51.6 Å². The van der Waals surface area contributed by atoms with E-state index in [1.807, 2.05) is 12.1 Å². The Hall–Kier alpha value is -2.44. The van der Waals surface area contributed by atoms with Crippen LogP contribution < -0.4 is 10.6 Å². The van der Waals surface area contributed by atoms with Crippen LogP contribution in [-0.4, -0.2) is 16.0 Å². The molecule has 3 rings (SSSR count). The molecule has 0 saturated heterocycles. The maximum absolute atomic E-state index is 11.1. The summed E-state index contributed by atoms with van der Waals surface area (Å²) in [6.45, 7) is 5.74. The van der Waals surface area contributed by atoms with E-state index < -0.39 is 0 Å². The molecule has 1 heterocycles. The number of halogens is 1. The van der Waals surface area contributed by atoms with E-state index in [4.69, 9.17) is 28.2 Å². The third-order valence-corrected chi connectivity index (χ3v) is 4.88. The highest BCUT2D eigenvalue weighted by molar-refractivity contribution is 7.80. The van der Waals surface area contributed by atoms with Gasteiger partial charge in [-0.3, -0.25) is 4.79 Å². The molecule has 1 atom stereocenters. The van der Waals surface area contributed by atoms with E-state index >= 15 is 0 Å². The molecule has 0 fully saturated rings. The minimum atomic E-state index is -0.254. The third kappa shape index (κ3) is 4.46. The van der Waals surface area contributed by atoms with Crippen LogP contribution in [0.4, 0.5) is 5.69 Å². The van der Waals surface area contributed by atoms with E-state index in [0.717, 1.165) is 23.1 Å². The van der Waals surface area contributed by atoms with E-state index in [0.29, 0.717) is 22.5 Å². The second kappa shape index (κ2) is 8.06. The maximum Gasteiger partial charge on any atom is 0.227 e. The molecular formula is C20H20ClN3O2S. The molecule has 0 spiro atoms. The van der Waals surface area contributed by atoms with Crippen LogP contribution in [-0.2, 0) is 4.79 Å². The predicted molar refractivity (Wildman–Crippen MR) is 113 cm³/mol. The zero-order valence-corrected chi connectivity index (χ0v) is 16.9. The second-order valence-electron chi connectivity index (χ2n) is 6.39. The van der Waals surface area contributed by atoms with Gasteiger partial charge in [0.25, 0.3) is 0 Å². The molecule has 0 aliphatic rings. The van der Waals surface area contributed by atoms with Gasteiger partial charge in [0.05, 0.1) is 10.7 Å². The Kier molecular flexibility index (Phi) is 5.77. The Morgan fingerprint density at radius 1 is 1.30 bits per heavy atom. The molecule has 0 aliphatic carbocycles. The molecule has 0 unspecified atom stereocenters. The summed E-state index contributed by atoms with van der Waals surface area (Å²) in [5.41, 5.74) is 4.12. The lowest BCUT2D eigenvalue weighted by Gasteiger charge is -2.10. The molecule has 1 aromatic heterocycles. The number of hydrogen-bond acceptors (Lipinski definition) is 4. The quantitative estimate of drug-likeness (QED) is 0.565. The number of carbonyl (C=O) groups excluding carboxylic acids is 1. The maximum atomic E-state index is 11.1. The first-order valence-corrected chi connectivity index (χ1v) is 9.45. The highest BCUT2D eigenvalue weighted by atomic mass is 35.5. The van der Waals surface area contributed by atoms with Crippen molar-refractivity contribution in [2.24, 2.45) is 0 Å². The number of nitrogens with one attached hydrogen (secondary N) is 2. The van der Waals surface area contributed by atoms with Crippen LogP contribution in [0.15, 0.2) is 40.8 Å². The Morgan fingerprint density at radius 2 is 2.07 bits per heavy atom. The second-order valence-corrected chi connectivity index (χ2v) is 7.20. The Morgan fingerprint density at radius 3 is 2.78 bits per heavy atom. The summed E-state index contributed by atoms with van der Waals surface area (Å²) in [7, 11) is 0. The van der Waals surface area contributed by atoms with Gasteiger partial charge in [0.15, 0.2) is 10.7 Å². The van der Waals surface area contributed by atoms with Crippen LogP contribution in [0.5, 0.6) is 0 Å². The fourth-order valence-corrected chi connectivity index (χ4v) is 3.10. The van der Waals surface area contributed by atoms with Crippen molar-refractivity contribution in [3.05, 3.63) is 47.0 Å². The summed E-state index contributed by atoms with van der Waals surface area (Å²) in [5, 5.41) is 6.07. The van der Waals surface area contributed by atoms with Gasteiger partial charge in [-0.25, -0.2) is 4.98 Å². The molecule has 5 nitrogen and oxygen atoms in total. The first-order valence-electron chi connectivity index (χ1n) is 8.66. The van der Waals surface area contributed by atoms with Crippen LogP contribution in [0.3, 0.4) is 0 Å². The van der Waals surface area contributed by atoms with Crippen molar-refractivity contribution in [1.82, 2.24) is 10.3 Å². The van der Waals surface area contributed by atoms with E-state index in [9.17, 15) is 4.79 Å². The van der Waals surface area contributed by atoms with Gasteiger partial charge >= 0.3 is 0 Å². The molecule has 0 aliphatic heterocycles. The fourth-order valence-electron chi connectivity index (χ4n) is 2.68. The number of rotatable bonds is 4. The molecule has 1 amide bonds. The number of aromatic nitrogens is 1. The smallest absolute Gasteiger partial charge is 0.227 e. The summed E-state index contributed by atoms with van der Waals surface area (Å²) in [6.07, 6.45) is 1.07. The summed E-state index contributed by atoms with van der Waals surface area (Å²) < 4.78 is 5.90. The lowest BCUT2D eigenvalue weighted by atomic mass is 9.98. The molecule has 27 heavy (non-hydrogen) atoms. The number of nitrogens with zero attached hydrogens (tertiary/aromatic N) is 1. The van der Waals surface area contributed by atoms with Gasteiger partial charge in [0, 0.05) is 12.5 Å². The van der Waals surface area contributed by atoms with Gasteiger partial charge in [0.2, 0.25) is 11.8 Å². The molecule has 7 heteroatoms. The van der Waals surface area contributed by atoms with Crippen molar-refractivity contribution in [1.29, 1.82) is 0 Å². The number of benzene rings is 2. The summed E-state index contributed by atoms with van der Waals surface area (Å²) >= 11 is 11.3. The average Bonchev–Trinajstić information content (AvgIpc) is 3.05. The van der Waals surface area contributed by atoms with Gasteiger partial charge in [-0.2, -0.15) is 0 Å². The van der Waals surface area contributed by atoms with E-state index in [2.05, 4.69) is 41.6 Å². The Balaban J connectivity index is 1.92. The molecular weight excluding hydrogens is 382 g/mol. The topological polar surface area (TPSA) is 67.2 Å². The van der Waals surface area contributed by atoms with E-state index in [-0.39, 0.29) is 11.0 Å². The number of thiocarbonyl (C=S) groups is 1. The largest absolute Gasteiger partial charge is 0.436 e. The standard InChI is InChI=1S/C20H20ClN3O2S/c1-4-11(2)13-6-8-18-17(9-13)23-19(26-18)14-5-7-15(21)16(10-14)24-20(27)22-12(3)25/h5-11H,4H2,1-3H3,(H2,22,24,25,27)/t11-/m0/s1. The van der Waals surface area contributed by atoms with Crippen molar-refractivity contribution in [2.45, 2.75) is 33.1 Å². The minimum Gasteiger partial charge on any atom is -0.436 e. The van der Waals surface area contributed by atoms with Gasteiger partial charge < -0.3 is 15.1 Å². The summed E-state index contributed by atoms with van der Waals surface area (Å²) in [5.74, 6) is 0.711. The van der Waals surface area contributed by atoms with Gasteiger partial charge in [0.1, 0.15) is 5.52 Å². The SMILES string of the molecule is CC[C@H](C)c1ccc2oc(-c3ccc(Cl)c(NC(=S)NC(C)=O)c3)nc2c1. The highest BCUT2D eigenvalue weighted by Gasteiger charge is 2.13. The lowest BCUT2D eigenvalue weighted by molar-refractivity contribution is -0.117. The van der Waals surface area contributed by atoms with Crippen molar-refractivity contribution in [3.63, 3.8) is 0 Å². The number of amides is 1. The van der Waals surface area contributed by atoms with Gasteiger partial charge in [-0.1, -0.05) is 31.5 Å².